The van der Waals surface area contributed by atoms with E-state index >= 15 is 0 Å². The fraction of sp³-hybridized carbons (Fsp3) is 0.294. The third-order valence-electron chi connectivity index (χ3n) is 3.19. The third kappa shape index (κ3) is 4.51. The van der Waals surface area contributed by atoms with Crippen LogP contribution in [0.15, 0.2) is 54.6 Å². The highest BCUT2D eigenvalue weighted by molar-refractivity contribution is 5.26. The predicted octanol–water partition coefficient (Wildman–Crippen LogP) is 3.08. The van der Waals surface area contributed by atoms with E-state index in [0.717, 1.165) is 6.42 Å². The fourth-order valence-corrected chi connectivity index (χ4v) is 2.08. The molecule has 0 fully saturated rings. The molecule has 2 N–H and O–H groups in total. The van der Waals surface area contributed by atoms with E-state index < -0.39 is 0 Å². The molecule has 2 aromatic carbocycles. The molecule has 1 atom stereocenters. The van der Waals surface area contributed by atoms with Crippen LogP contribution in [0.5, 0.6) is 0 Å². The molecule has 0 saturated carbocycles. The van der Waals surface area contributed by atoms with Crippen molar-refractivity contribution < 1.29 is 4.74 Å². The molecule has 100 valence electrons. The Bertz CT molecular complexity index is 496. The van der Waals surface area contributed by atoms with E-state index in [4.69, 9.17) is 10.5 Å². The maximum absolute atomic E-state index is 6.11. The summed E-state index contributed by atoms with van der Waals surface area (Å²) in [5.41, 5.74) is 9.90. The first kappa shape index (κ1) is 13.8. The smallest absolute Gasteiger partial charge is 0.0717 e. The van der Waals surface area contributed by atoms with Crippen molar-refractivity contribution in [2.45, 2.75) is 26.0 Å². The van der Waals surface area contributed by atoms with Gasteiger partial charge in [-0.15, -0.1) is 0 Å². The first-order valence-corrected chi connectivity index (χ1v) is 6.67. The van der Waals surface area contributed by atoms with E-state index in [1.165, 1.54) is 16.7 Å². The summed E-state index contributed by atoms with van der Waals surface area (Å²) in [4.78, 5) is 0. The first-order chi connectivity index (χ1) is 9.25. The van der Waals surface area contributed by atoms with Crippen LogP contribution in [0, 0.1) is 6.92 Å². The lowest BCUT2D eigenvalue weighted by Gasteiger charge is -2.14. The van der Waals surface area contributed by atoms with Gasteiger partial charge in [-0.1, -0.05) is 54.6 Å². The molecular formula is C17H21NO. The standard InChI is InChI=1S/C17H21NO/c1-14-7-5-6-10-16(14)11-17(18)13-19-12-15-8-3-2-4-9-15/h2-10,17H,11-13,18H2,1H3. The van der Waals surface area contributed by atoms with Crippen molar-refractivity contribution in [1.82, 2.24) is 0 Å². The number of ether oxygens (including phenoxy) is 1. The van der Waals surface area contributed by atoms with Gasteiger partial charge in [0.15, 0.2) is 0 Å². The van der Waals surface area contributed by atoms with Crippen molar-refractivity contribution in [3.63, 3.8) is 0 Å². The second-order valence-corrected chi connectivity index (χ2v) is 4.89. The lowest BCUT2D eigenvalue weighted by Crippen LogP contribution is -2.28. The molecule has 0 bridgehead atoms. The first-order valence-electron chi connectivity index (χ1n) is 6.67. The van der Waals surface area contributed by atoms with Gasteiger partial charge >= 0.3 is 0 Å². The Morgan fingerprint density at radius 3 is 2.42 bits per heavy atom. The van der Waals surface area contributed by atoms with Crippen LogP contribution < -0.4 is 5.73 Å². The number of hydrogen-bond acceptors (Lipinski definition) is 2. The predicted molar refractivity (Wildman–Crippen MR) is 79.0 cm³/mol. The van der Waals surface area contributed by atoms with Gasteiger partial charge in [0, 0.05) is 6.04 Å². The Hall–Kier alpha value is -1.64. The Morgan fingerprint density at radius 2 is 1.68 bits per heavy atom. The summed E-state index contributed by atoms with van der Waals surface area (Å²) in [5.74, 6) is 0. The molecule has 2 heteroatoms. The average molecular weight is 255 g/mol. The van der Waals surface area contributed by atoms with Crippen LogP contribution >= 0.6 is 0 Å². The van der Waals surface area contributed by atoms with E-state index in [1.54, 1.807) is 0 Å². The van der Waals surface area contributed by atoms with Crippen molar-refractivity contribution in [2.24, 2.45) is 5.73 Å². The van der Waals surface area contributed by atoms with Gasteiger partial charge in [0.25, 0.3) is 0 Å². The zero-order valence-electron chi connectivity index (χ0n) is 11.4. The Balaban J connectivity index is 1.76. The molecule has 2 aromatic rings. The quantitative estimate of drug-likeness (QED) is 0.861. The second-order valence-electron chi connectivity index (χ2n) is 4.89. The van der Waals surface area contributed by atoms with Gasteiger partial charge in [0.2, 0.25) is 0 Å². The highest BCUT2D eigenvalue weighted by Gasteiger charge is 2.06. The van der Waals surface area contributed by atoms with Gasteiger partial charge < -0.3 is 10.5 Å². The molecule has 0 aliphatic heterocycles. The van der Waals surface area contributed by atoms with E-state index in [-0.39, 0.29) is 6.04 Å². The molecule has 0 heterocycles. The summed E-state index contributed by atoms with van der Waals surface area (Å²) >= 11 is 0. The Morgan fingerprint density at radius 1 is 1.00 bits per heavy atom. The molecule has 0 aromatic heterocycles. The van der Waals surface area contributed by atoms with Crippen molar-refractivity contribution in [3.8, 4) is 0 Å². The summed E-state index contributed by atoms with van der Waals surface area (Å²) < 4.78 is 5.67. The van der Waals surface area contributed by atoms with Gasteiger partial charge in [-0.25, -0.2) is 0 Å². The van der Waals surface area contributed by atoms with Crippen LogP contribution in [-0.4, -0.2) is 12.6 Å². The lowest BCUT2D eigenvalue weighted by atomic mass is 10.0. The minimum atomic E-state index is 0.0461. The molecule has 2 nitrogen and oxygen atoms in total. The van der Waals surface area contributed by atoms with Gasteiger partial charge in [0.1, 0.15) is 0 Å². The monoisotopic (exact) mass is 255 g/mol. The van der Waals surface area contributed by atoms with E-state index in [0.29, 0.717) is 13.2 Å². The summed E-state index contributed by atoms with van der Waals surface area (Å²) in [5, 5.41) is 0. The Labute approximate surface area is 115 Å². The van der Waals surface area contributed by atoms with E-state index in [2.05, 4.69) is 43.3 Å². The molecule has 0 amide bonds. The van der Waals surface area contributed by atoms with Crippen LogP contribution in [0.2, 0.25) is 0 Å². The van der Waals surface area contributed by atoms with Crippen molar-refractivity contribution >= 4 is 0 Å². The molecule has 0 spiro atoms. The van der Waals surface area contributed by atoms with Crippen LogP contribution in [0.1, 0.15) is 16.7 Å². The molecular weight excluding hydrogens is 234 g/mol. The van der Waals surface area contributed by atoms with E-state index in [1.807, 2.05) is 18.2 Å². The normalized spacial score (nSPS) is 12.3. The Kier molecular flexibility index (Phi) is 5.13. The average Bonchev–Trinajstić information content (AvgIpc) is 2.43. The molecule has 0 aliphatic rings. The molecule has 0 radical (unpaired) electrons. The molecule has 2 rings (SSSR count). The number of aryl methyl sites for hydroxylation is 1. The summed E-state index contributed by atoms with van der Waals surface area (Å²) in [6.45, 7) is 3.33. The molecule has 19 heavy (non-hydrogen) atoms. The zero-order chi connectivity index (χ0) is 13.5. The lowest BCUT2D eigenvalue weighted by molar-refractivity contribution is 0.108. The highest BCUT2D eigenvalue weighted by Crippen LogP contribution is 2.09. The second kappa shape index (κ2) is 7.07. The number of benzene rings is 2. The van der Waals surface area contributed by atoms with Crippen molar-refractivity contribution in [2.75, 3.05) is 6.61 Å². The maximum atomic E-state index is 6.11. The van der Waals surface area contributed by atoms with Crippen molar-refractivity contribution in [1.29, 1.82) is 0 Å². The summed E-state index contributed by atoms with van der Waals surface area (Å²) in [7, 11) is 0. The largest absolute Gasteiger partial charge is 0.375 e. The van der Waals surface area contributed by atoms with Crippen LogP contribution in [0.4, 0.5) is 0 Å². The number of nitrogens with two attached hydrogens (primary N) is 1. The SMILES string of the molecule is Cc1ccccc1CC(N)COCc1ccccc1. The van der Waals surface area contributed by atoms with Crippen LogP contribution in [-0.2, 0) is 17.8 Å². The third-order valence-corrected chi connectivity index (χ3v) is 3.19. The maximum Gasteiger partial charge on any atom is 0.0717 e. The minimum absolute atomic E-state index is 0.0461. The molecule has 1 unspecified atom stereocenters. The summed E-state index contributed by atoms with van der Waals surface area (Å²) in [6, 6.07) is 18.6. The summed E-state index contributed by atoms with van der Waals surface area (Å²) in [6.07, 6.45) is 0.863. The van der Waals surface area contributed by atoms with Gasteiger partial charge in [-0.3, -0.25) is 0 Å². The van der Waals surface area contributed by atoms with Crippen LogP contribution in [0.3, 0.4) is 0 Å². The number of hydrogen-bond donors (Lipinski definition) is 1. The van der Waals surface area contributed by atoms with Crippen molar-refractivity contribution in [3.05, 3.63) is 71.3 Å². The van der Waals surface area contributed by atoms with Gasteiger partial charge in [0.05, 0.1) is 13.2 Å². The zero-order valence-corrected chi connectivity index (χ0v) is 11.4. The molecule has 0 aliphatic carbocycles. The van der Waals surface area contributed by atoms with E-state index in [9.17, 15) is 0 Å². The topological polar surface area (TPSA) is 35.2 Å². The highest BCUT2D eigenvalue weighted by atomic mass is 16.5. The van der Waals surface area contributed by atoms with Gasteiger partial charge in [-0.05, 0) is 30.0 Å². The minimum Gasteiger partial charge on any atom is -0.375 e. The number of rotatable bonds is 6. The molecule has 0 saturated heterocycles. The van der Waals surface area contributed by atoms with Gasteiger partial charge in [-0.2, -0.15) is 0 Å². The fourth-order valence-electron chi connectivity index (χ4n) is 2.08. The van der Waals surface area contributed by atoms with Crippen LogP contribution in [0.25, 0.3) is 0 Å².